The van der Waals surface area contributed by atoms with Crippen molar-refractivity contribution >= 4 is 35.0 Å². The first-order valence-electron chi connectivity index (χ1n) is 18.7. The van der Waals surface area contributed by atoms with Crippen LogP contribution in [0.25, 0.3) is 0 Å². The molecule has 1 fully saturated rings. The van der Waals surface area contributed by atoms with Crippen molar-refractivity contribution in [3.63, 3.8) is 0 Å². The highest BCUT2D eigenvalue weighted by molar-refractivity contribution is 7.99. The minimum Gasteiger partial charge on any atom is -0.396 e. The largest absolute Gasteiger partial charge is 0.396 e. The molecule has 0 saturated carbocycles. The molecule has 2 amide bonds. The van der Waals surface area contributed by atoms with E-state index in [0.717, 1.165) is 147 Å². The summed E-state index contributed by atoms with van der Waals surface area (Å²) in [6.45, 7) is 16.1. The van der Waals surface area contributed by atoms with Crippen LogP contribution in [0, 0.1) is 27.7 Å². The molecule has 2 aromatic rings. The third-order valence-electron chi connectivity index (χ3n) is 10.0. The summed E-state index contributed by atoms with van der Waals surface area (Å²) in [5, 5.41) is 16.0. The van der Waals surface area contributed by atoms with Crippen LogP contribution in [-0.2, 0) is 9.59 Å². The number of hydrogen-bond donors (Lipinski definition) is 3. The lowest BCUT2D eigenvalue weighted by Crippen LogP contribution is -2.55. The molecule has 0 aliphatic carbocycles. The van der Waals surface area contributed by atoms with Gasteiger partial charge in [0.25, 0.3) is 5.91 Å². The number of carbonyl (C=O) groups is 2. The van der Waals surface area contributed by atoms with Gasteiger partial charge in [-0.25, -0.2) is 0 Å². The Hall–Kier alpha value is -2.39. The van der Waals surface area contributed by atoms with Gasteiger partial charge >= 0.3 is 0 Å². The standard InChI is InChI=1S/C40H64N4O3S/c1-6-29-48-30-27-44(26-14-9-15-28-45,31-37(46)41-38-32(2)18-16-19-33(38)3)25-13-8-7-11-23-43-24-12-10-22-36(43)40(47)42-39-34(4)20-17-21-35(39)5/h16-21,36,45H,6-15,22-31H2,1-5H3,(H-,41,42,46,47)/p+1/t36-,44?/m1/s1. The third-order valence-corrected chi connectivity index (χ3v) is 11.2. The summed E-state index contributed by atoms with van der Waals surface area (Å²) in [5.41, 5.74) is 6.32. The van der Waals surface area contributed by atoms with Gasteiger partial charge < -0.3 is 20.2 Å². The molecular weight excluding hydrogens is 617 g/mol. The number of quaternary nitrogens is 1. The molecule has 2 aromatic carbocycles. The highest BCUT2D eigenvalue weighted by atomic mass is 32.2. The molecule has 3 N–H and O–H groups in total. The van der Waals surface area contributed by atoms with Gasteiger partial charge in [0.05, 0.1) is 25.7 Å². The van der Waals surface area contributed by atoms with Gasteiger partial charge in [-0.15, -0.1) is 0 Å². The van der Waals surface area contributed by atoms with Crippen LogP contribution in [0.4, 0.5) is 11.4 Å². The summed E-state index contributed by atoms with van der Waals surface area (Å²) in [6, 6.07) is 12.3. The molecule has 2 atom stereocenters. The van der Waals surface area contributed by atoms with E-state index in [2.05, 4.69) is 74.4 Å². The van der Waals surface area contributed by atoms with E-state index < -0.39 is 0 Å². The fraction of sp³-hybridized carbons (Fsp3) is 0.650. The van der Waals surface area contributed by atoms with Gasteiger partial charge in [-0.05, 0) is 127 Å². The molecule has 1 aliphatic rings. The van der Waals surface area contributed by atoms with Gasteiger partial charge in [-0.3, -0.25) is 14.5 Å². The first kappa shape index (κ1) is 40.0. The summed E-state index contributed by atoms with van der Waals surface area (Å²) in [4.78, 5) is 29.5. The van der Waals surface area contributed by atoms with Crippen LogP contribution in [0.2, 0.25) is 0 Å². The minimum atomic E-state index is -0.0583. The predicted octanol–water partition coefficient (Wildman–Crippen LogP) is 8.03. The normalized spacial score (nSPS) is 16.4. The van der Waals surface area contributed by atoms with Crippen molar-refractivity contribution in [1.29, 1.82) is 0 Å². The Labute approximate surface area is 296 Å². The number of rotatable bonds is 22. The zero-order valence-corrected chi connectivity index (χ0v) is 31.6. The second kappa shape index (κ2) is 21.6. The maximum absolute atomic E-state index is 13.6. The molecule has 48 heavy (non-hydrogen) atoms. The monoisotopic (exact) mass is 681 g/mol. The summed E-state index contributed by atoms with van der Waals surface area (Å²) in [6.07, 6.45) is 11.6. The quantitative estimate of drug-likeness (QED) is 0.0866. The zero-order valence-electron chi connectivity index (χ0n) is 30.7. The van der Waals surface area contributed by atoms with Crippen molar-refractivity contribution in [3.05, 3.63) is 58.7 Å². The molecule has 0 aromatic heterocycles. The lowest BCUT2D eigenvalue weighted by Gasteiger charge is -2.39. The van der Waals surface area contributed by atoms with E-state index in [1.165, 1.54) is 6.42 Å². The first-order chi connectivity index (χ1) is 23.2. The number of benzene rings is 2. The first-order valence-corrected chi connectivity index (χ1v) is 19.9. The molecule has 7 nitrogen and oxygen atoms in total. The SMILES string of the molecule is CCCSCC[N+](CCCCCO)(CCCCCCN1CCCC[C@@H]1C(=O)Nc1c(C)cccc1C)CC(=O)Nc1c(C)cccc1C. The molecule has 1 aliphatic heterocycles. The number of anilines is 2. The highest BCUT2D eigenvalue weighted by Crippen LogP contribution is 2.25. The average Bonchev–Trinajstić information content (AvgIpc) is 3.06. The Morgan fingerprint density at radius 1 is 0.792 bits per heavy atom. The lowest BCUT2D eigenvalue weighted by atomic mass is 10.00. The van der Waals surface area contributed by atoms with E-state index in [-0.39, 0.29) is 24.5 Å². The number of hydrogen-bond acceptors (Lipinski definition) is 5. The number of aliphatic hydroxyl groups is 1. The predicted molar refractivity (Wildman–Crippen MR) is 205 cm³/mol. The summed E-state index contributed by atoms with van der Waals surface area (Å²) in [5.74, 6) is 2.45. The van der Waals surface area contributed by atoms with Crippen molar-refractivity contribution in [2.45, 2.75) is 111 Å². The van der Waals surface area contributed by atoms with Crippen molar-refractivity contribution in [2.24, 2.45) is 0 Å². The number of nitrogens with one attached hydrogen (secondary N) is 2. The number of unbranched alkanes of at least 4 members (excludes halogenated alkanes) is 5. The minimum absolute atomic E-state index is 0.0583. The van der Waals surface area contributed by atoms with Crippen LogP contribution < -0.4 is 10.6 Å². The average molecular weight is 682 g/mol. The van der Waals surface area contributed by atoms with Gasteiger partial charge in [0.15, 0.2) is 6.54 Å². The van der Waals surface area contributed by atoms with E-state index in [0.29, 0.717) is 6.54 Å². The van der Waals surface area contributed by atoms with Crippen LogP contribution in [0.15, 0.2) is 36.4 Å². The molecule has 0 bridgehead atoms. The number of nitrogens with zero attached hydrogens (tertiary/aromatic N) is 2. The Balaban J connectivity index is 1.59. The van der Waals surface area contributed by atoms with Crippen LogP contribution in [0.5, 0.6) is 0 Å². The topological polar surface area (TPSA) is 81.7 Å². The van der Waals surface area contributed by atoms with Gasteiger partial charge in [0, 0.05) is 23.7 Å². The number of piperidine rings is 1. The lowest BCUT2D eigenvalue weighted by molar-refractivity contribution is -0.918. The zero-order chi connectivity index (χ0) is 34.8. The Morgan fingerprint density at radius 2 is 1.38 bits per heavy atom. The van der Waals surface area contributed by atoms with E-state index in [1.807, 2.05) is 23.9 Å². The summed E-state index contributed by atoms with van der Waals surface area (Å²) < 4.78 is 0.811. The smallest absolute Gasteiger partial charge is 0.279 e. The third kappa shape index (κ3) is 13.1. The number of likely N-dealkylation sites (tertiary alicyclic amines) is 1. The van der Waals surface area contributed by atoms with Crippen molar-refractivity contribution in [3.8, 4) is 0 Å². The van der Waals surface area contributed by atoms with Crippen LogP contribution in [-0.4, -0.2) is 89.7 Å². The molecule has 268 valence electrons. The molecule has 1 heterocycles. The van der Waals surface area contributed by atoms with Gasteiger partial charge in [-0.2, -0.15) is 11.8 Å². The van der Waals surface area contributed by atoms with E-state index in [9.17, 15) is 14.7 Å². The number of aryl methyl sites for hydroxylation is 4. The Morgan fingerprint density at radius 3 is 1.98 bits per heavy atom. The number of aliphatic hydroxyl groups excluding tert-OH is 1. The molecule has 0 radical (unpaired) electrons. The van der Waals surface area contributed by atoms with Crippen molar-refractivity contribution < 1.29 is 19.2 Å². The maximum Gasteiger partial charge on any atom is 0.279 e. The van der Waals surface area contributed by atoms with Crippen molar-refractivity contribution in [1.82, 2.24) is 4.90 Å². The summed E-state index contributed by atoms with van der Waals surface area (Å²) >= 11 is 2.00. The van der Waals surface area contributed by atoms with Crippen LogP contribution >= 0.6 is 11.8 Å². The van der Waals surface area contributed by atoms with Crippen LogP contribution in [0.3, 0.4) is 0 Å². The second-order valence-corrected chi connectivity index (χ2v) is 15.3. The second-order valence-electron chi connectivity index (χ2n) is 14.1. The molecule has 1 unspecified atom stereocenters. The number of para-hydroxylation sites is 2. The van der Waals surface area contributed by atoms with Gasteiger partial charge in [-0.1, -0.05) is 56.2 Å². The van der Waals surface area contributed by atoms with E-state index in [1.54, 1.807) is 0 Å². The number of carbonyl (C=O) groups excluding carboxylic acids is 2. The van der Waals surface area contributed by atoms with Crippen LogP contribution in [0.1, 0.15) is 99.8 Å². The van der Waals surface area contributed by atoms with E-state index >= 15 is 0 Å². The maximum atomic E-state index is 13.6. The van der Waals surface area contributed by atoms with Gasteiger partial charge in [0.1, 0.15) is 0 Å². The molecular formula is C40H65N4O3S+. The summed E-state index contributed by atoms with van der Waals surface area (Å²) in [7, 11) is 0. The van der Waals surface area contributed by atoms with E-state index in [4.69, 9.17) is 0 Å². The number of amides is 2. The fourth-order valence-corrected chi connectivity index (χ4v) is 8.21. The molecule has 3 rings (SSSR count). The Kier molecular flexibility index (Phi) is 18.1. The highest BCUT2D eigenvalue weighted by Gasteiger charge is 2.31. The molecule has 1 saturated heterocycles. The van der Waals surface area contributed by atoms with Gasteiger partial charge in [0.2, 0.25) is 5.91 Å². The fourth-order valence-electron chi connectivity index (χ4n) is 7.20. The number of thioether (sulfide) groups is 1. The molecule has 8 heteroatoms. The van der Waals surface area contributed by atoms with Crippen molar-refractivity contribution in [2.75, 3.05) is 68.0 Å². The Bertz CT molecular complexity index is 1220. The molecule has 0 spiro atoms.